The summed E-state index contributed by atoms with van der Waals surface area (Å²) in [7, 11) is 1.54. The lowest BCUT2D eigenvalue weighted by Gasteiger charge is -2.11. The number of hydrogen-bond acceptors (Lipinski definition) is 5. The Balaban J connectivity index is 1.57. The monoisotopic (exact) mass is 400 g/mol. The number of carbonyl (C=O) groups is 1. The Kier molecular flexibility index (Phi) is 5.61. The van der Waals surface area contributed by atoms with Gasteiger partial charge in [0.15, 0.2) is 0 Å². The van der Waals surface area contributed by atoms with Gasteiger partial charge in [-0.1, -0.05) is 48.5 Å². The standard InChI is InChI=1S/C25H20O5/c1-28-20-11-12-21-19(14-24(26)30-23(21)15-20)16-29-25(27)22-10-6-5-9-18(22)13-17-7-3-2-4-8-17/h2-12,14-15H,13,16H2,1H3. The second-order valence-electron chi connectivity index (χ2n) is 6.85. The smallest absolute Gasteiger partial charge is 0.338 e. The molecule has 0 aliphatic carbocycles. The average molecular weight is 400 g/mol. The Morgan fingerprint density at radius 1 is 0.900 bits per heavy atom. The van der Waals surface area contributed by atoms with Crippen molar-refractivity contribution in [3.05, 3.63) is 112 Å². The summed E-state index contributed by atoms with van der Waals surface area (Å²) in [6.07, 6.45) is 0.629. The van der Waals surface area contributed by atoms with Crippen LogP contribution >= 0.6 is 0 Å². The number of benzene rings is 3. The van der Waals surface area contributed by atoms with E-state index in [0.717, 1.165) is 11.1 Å². The van der Waals surface area contributed by atoms with Crippen LogP contribution in [-0.4, -0.2) is 13.1 Å². The normalized spacial score (nSPS) is 10.7. The molecule has 0 bridgehead atoms. The fourth-order valence-electron chi connectivity index (χ4n) is 3.37. The summed E-state index contributed by atoms with van der Waals surface area (Å²) in [5, 5.41) is 0.695. The van der Waals surface area contributed by atoms with E-state index < -0.39 is 11.6 Å². The van der Waals surface area contributed by atoms with Gasteiger partial charge in [0.1, 0.15) is 17.9 Å². The van der Waals surface area contributed by atoms with Gasteiger partial charge in [-0.25, -0.2) is 9.59 Å². The van der Waals surface area contributed by atoms with Crippen molar-refractivity contribution in [3.8, 4) is 5.75 Å². The van der Waals surface area contributed by atoms with Crippen LogP contribution in [0.4, 0.5) is 0 Å². The van der Waals surface area contributed by atoms with E-state index in [1.807, 2.05) is 48.5 Å². The van der Waals surface area contributed by atoms with Crippen LogP contribution in [0.1, 0.15) is 27.0 Å². The summed E-state index contributed by atoms with van der Waals surface area (Å²) in [4.78, 5) is 24.7. The molecule has 5 heteroatoms. The highest BCUT2D eigenvalue weighted by atomic mass is 16.5. The van der Waals surface area contributed by atoms with E-state index >= 15 is 0 Å². The number of ether oxygens (including phenoxy) is 2. The molecule has 4 aromatic rings. The first kappa shape index (κ1) is 19.5. The highest BCUT2D eigenvalue weighted by molar-refractivity contribution is 5.91. The van der Waals surface area contributed by atoms with E-state index in [2.05, 4.69) is 0 Å². The van der Waals surface area contributed by atoms with Crippen molar-refractivity contribution in [1.82, 2.24) is 0 Å². The van der Waals surface area contributed by atoms with Crippen LogP contribution in [0, 0.1) is 0 Å². The van der Waals surface area contributed by atoms with E-state index in [9.17, 15) is 9.59 Å². The van der Waals surface area contributed by atoms with E-state index in [1.165, 1.54) is 13.2 Å². The lowest BCUT2D eigenvalue weighted by molar-refractivity contribution is 0.0472. The summed E-state index contributed by atoms with van der Waals surface area (Å²) in [6.45, 7) is -0.0348. The van der Waals surface area contributed by atoms with Crippen LogP contribution in [-0.2, 0) is 17.8 Å². The molecule has 1 heterocycles. The summed E-state index contributed by atoms with van der Waals surface area (Å²) < 4.78 is 16.0. The molecule has 150 valence electrons. The number of fused-ring (bicyclic) bond motifs is 1. The first-order valence-electron chi connectivity index (χ1n) is 9.54. The van der Waals surface area contributed by atoms with Crippen molar-refractivity contribution in [1.29, 1.82) is 0 Å². The van der Waals surface area contributed by atoms with E-state index in [0.29, 0.717) is 34.3 Å². The van der Waals surface area contributed by atoms with Gasteiger partial charge in [-0.05, 0) is 35.7 Å². The molecular formula is C25H20O5. The molecule has 5 nitrogen and oxygen atoms in total. The van der Waals surface area contributed by atoms with Crippen LogP contribution in [0.2, 0.25) is 0 Å². The molecule has 30 heavy (non-hydrogen) atoms. The van der Waals surface area contributed by atoms with Gasteiger partial charge >= 0.3 is 11.6 Å². The molecule has 0 radical (unpaired) electrons. The lowest BCUT2D eigenvalue weighted by atomic mass is 10.00. The van der Waals surface area contributed by atoms with E-state index in [-0.39, 0.29) is 6.61 Å². The molecule has 0 saturated carbocycles. The highest BCUT2D eigenvalue weighted by Gasteiger charge is 2.15. The predicted octanol–water partition coefficient (Wildman–Crippen LogP) is 4.75. The highest BCUT2D eigenvalue weighted by Crippen LogP contribution is 2.23. The molecule has 0 N–H and O–H groups in total. The third kappa shape index (κ3) is 4.25. The van der Waals surface area contributed by atoms with Gasteiger partial charge in [0.2, 0.25) is 0 Å². The topological polar surface area (TPSA) is 65.7 Å². The molecule has 0 aliphatic heterocycles. The molecule has 0 amide bonds. The molecular weight excluding hydrogens is 380 g/mol. The van der Waals surface area contributed by atoms with Gasteiger partial charge in [0.25, 0.3) is 0 Å². The zero-order chi connectivity index (χ0) is 20.9. The molecule has 0 unspecified atom stereocenters. The first-order valence-corrected chi connectivity index (χ1v) is 9.54. The molecule has 0 spiro atoms. The fourth-order valence-corrected chi connectivity index (χ4v) is 3.37. The third-order valence-corrected chi connectivity index (χ3v) is 4.87. The molecule has 0 fully saturated rings. The zero-order valence-corrected chi connectivity index (χ0v) is 16.5. The van der Waals surface area contributed by atoms with Crippen molar-refractivity contribution < 1.29 is 18.7 Å². The SMILES string of the molecule is COc1ccc2c(COC(=O)c3ccccc3Cc3ccccc3)cc(=O)oc2c1. The van der Waals surface area contributed by atoms with Gasteiger partial charge < -0.3 is 13.9 Å². The number of methoxy groups -OCH3 is 1. The van der Waals surface area contributed by atoms with Crippen molar-refractivity contribution in [2.75, 3.05) is 7.11 Å². The maximum atomic E-state index is 12.8. The van der Waals surface area contributed by atoms with Crippen molar-refractivity contribution in [3.63, 3.8) is 0 Å². The maximum absolute atomic E-state index is 12.8. The van der Waals surface area contributed by atoms with Crippen molar-refractivity contribution in [2.24, 2.45) is 0 Å². The third-order valence-electron chi connectivity index (χ3n) is 4.87. The minimum Gasteiger partial charge on any atom is -0.497 e. The second kappa shape index (κ2) is 8.66. The maximum Gasteiger partial charge on any atom is 0.338 e. The van der Waals surface area contributed by atoms with Crippen molar-refractivity contribution >= 4 is 16.9 Å². The predicted molar refractivity (Wildman–Crippen MR) is 114 cm³/mol. The van der Waals surface area contributed by atoms with Gasteiger partial charge in [-0.15, -0.1) is 0 Å². The summed E-state index contributed by atoms with van der Waals surface area (Å²) in [5.41, 5.74) is 2.96. The van der Waals surface area contributed by atoms with E-state index in [4.69, 9.17) is 13.9 Å². The quantitative estimate of drug-likeness (QED) is 0.345. The fraction of sp³-hybridized carbons (Fsp3) is 0.120. The van der Waals surface area contributed by atoms with Crippen LogP contribution in [0.3, 0.4) is 0 Å². The Hall–Kier alpha value is -3.86. The van der Waals surface area contributed by atoms with Crippen LogP contribution in [0.15, 0.2) is 88.1 Å². The molecule has 0 saturated heterocycles. The zero-order valence-electron chi connectivity index (χ0n) is 16.5. The number of esters is 1. The first-order chi connectivity index (χ1) is 14.6. The van der Waals surface area contributed by atoms with Gasteiger partial charge in [-0.2, -0.15) is 0 Å². The molecule has 4 rings (SSSR count). The minimum absolute atomic E-state index is 0.0348. The Morgan fingerprint density at radius 2 is 1.67 bits per heavy atom. The second-order valence-corrected chi connectivity index (χ2v) is 6.85. The molecule has 1 aromatic heterocycles. The Labute approximate surface area is 173 Å². The lowest BCUT2D eigenvalue weighted by Crippen LogP contribution is -2.10. The number of rotatable bonds is 6. The van der Waals surface area contributed by atoms with E-state index in [1.54, 1.807) is 24.3 Å². The van der Waals surface area contributed by atoms with Crippen molar-refractivity contribution in [2.45, 2.75) is 13.0 Å². The van der Waals surface area contributed by atoms with Gasteiger partial charge in [0.05, 0.1) is 12.7 Å². The Bertz CT molecular complexity index is 1240. The average Bonchev–Trinajstić information content (AvgIpc) is 2.77. The summed E-state index contributed by atoms with van der Waals surface area (Å²) in [5.74, 6) is 0.145. The minimum atomic E-state index is -0.508. The molecule has 0 atom stereocenters. The Morgan fingerprint density at radius 3 is 2.47 bits per heavy atom. The van der Waals surface area contributed by atoms with Crippen LogP contribution < -0.4 is 10.4 Å². The van der Waals surface area contributed by atoms with Gasteiger partial charge in [0, 0.05) is 23.1 Å². The molecule has 0 aliphatic rings. The van der Waals surface area contributed by atoms with Crippen LogP contribution in [0.5, 0.6) is 5.75 Å². The van der Waals surface area contributed by atoms with Gasteiger partial charge in [-0.3, -0.25) is 0 Å². The van der Waals surface area contributed by atoms with Crippen LogP contribution in [0.25, 0.3) is 11.0 Å². The summed E-state index contributed by atoms with van der Waals surface area (Å²) in [6, 6.07) is 23.8. The molecule has 3 aromatic carbocycles. The summed E-state index contributed by atoms with van der Waals surface area (Å²) >= 11 is 0. The largest absolute Gasteiger partial charge is 0.497 e. The number of carbonyl (C=O) groups excluding carboxylic acids is 1. The number of hydrogen-bond donors (Lipinski definition) is 0.